The Bertz CT molecular complexity index is 368. The number of aliphatic hydroxyl groups is 1. The molecule has 0 fully saturated rings. The lowest BCUT2D eigenvalue weighted by Crippen LogP contribution is -2.28. The molecular formula is C13H19NO2S. The van der Waals surface area contributed by atoms with Crippen LogP contribution in [-0.4, -0.2) is 41.1 Å². The van der Waals surface area contributed by atoms with Crippen molar-refractivity contribution in [1.29, 1.82) is 0 Å². The molecule has 1 aromatic rings. The molecule has 94 valence electrons. The molecule has 3 nitrogen and oxygen atoms in total. The number of carbonyl (C=O) groups is 1. The van der Waals surface area contributed by atoms with Crippen LogP contribution in [0.4, 0.5) is 0 Å². The van der Waals surface area contributed by atoms with Crippen LogP contribution in [0.2, 0.25) is 0 Å². The second-order valence-corrected chi connectivity index (χ2v) is 5.06. The van der Waals surface area contributed by atoms with Gasteiger partial charge in [0.25, 0.3) is 0 Å². The summed E-state index contributed by atoms with van der Waals surface area (Å²) in [6, 6.07) is 8.08. The van der Waals surface area contributed by atoms with Crippen molar-refractivity contribution in [2.45, 2.75) is 13.5 Å². The van der Waals surface area contributed by atoms with Crippen LogP contribution in [-0.2, 0) is 11.3 Å². The van der Waals surface area contributed by atoms with Crippen molar-refractivity contribution in [3.05, 3.63) is 35.4 Å². The van der Waals surface area contributed by atoms with E-state index in [-0.39, 0.29) is 12.5 Å². The summed E-state index contributed by atoms with van der Waals surface area (Å²) in [5.41, 5.74) is 2.38. The molecule has 1 N–H and O–H groups in total. The number of amides is 1. The van der Waals surface area contributed by atoms with Crippen molar-refractivity contribution in [3.8, 4) is 0 Å². The number of hydrogen-bond acceptors (Lipinski definition) is 3. The van der Waals surface area contributed by atoms with Gasteiger partial charge in [-0.2, -0.15) is 0 Å². The summed E-state index contributed by atoms with van der Waals surface area (Å²) >= 11 is 1.46. The van der Waals surface area contributed by atoms with Gasteiger partial charge >= 0.3 is 0 Å². The van der Waals surface area contributed by atoms with Crippen LogP contribution >= 0.6 is 11.8 Å². The molecule has 1 rings (SSSR count). The molecule has 0 aliphatic rings. The van der Waals surface area contributed by atoms with E-state index in [1.54, 1.807) is 4.90 Å². The minimum Gasteiger partial charge on any atom is -0.396 e. The number of thioether (sulfide) groups is 1. The Kier molecular flexibility index (Phi) is 6.08. The predicted molar refractivity (Wildman–Crippen MR) is 72.1 cm³/mol. The minimum absolute atomic E-state index is 0.103. The third-order valence-electron chi connectivity index (χ3n) is 2.56. The molecule has 0 bridgehead atoms. The molecule has 1 aromatic carbocycles. The van der Waals surface area contributed by atoms with Crippen molar-refractivity contribution in [2.75, 3.05) is 25.2 Å². The van der Waals surface area contributed by atoms with E-state index >= 15 is 0 Å². The van der Waals surface area contributed by atoms with Crippen LogP contribution in [0.3, 0.4) is 0 Å². The van der Waals surface area contributed by atoms with Crippen molar-refractivity contribution >= 4 is 17.7 Å². The summed E-state index contributed by atoms with van der Waals surface area (Å²) in [4.78, 5) is 13.5. The van der Waals surface area contributed by atoms with E-state index in [0.717, 1.165) is 0 Å². The molecule has 0 saturated carbocycles. The van der Waals surface area contributed by atoms with Crippen molar-refractivity contribution in [1.82, 2.24) is 4.90 Å². The first-order valence-electron chi connectivity index (χ1n) is 5.62. The summed E-state index contributed by atoms with van der Waals surface area (Å²) < 4.78 is 0. The smallest absolute Gasteiger partial charge is 0.232 e. The molecule has 0 unspecified atom stereocenters. The number of carbonyl (C=O) groups excluding carboxylic acids is 1. The number of rotatable bonds is 6. The quantitative estimate of drug-likeness (QED) is 0.784. The van der Waals surface area contributed by atoms with Crippen molar-refractivity contribution in [3.63, 3.8) is 0 Å². The number of nitrogens with zero attached hydrogens (tertiary/aromatic N) is 1. The highest BCUT2D eigenvalue weighted by molar-refractivity contribution is 7.99. The third-order valence-corrected chi connectivity index (χ3v) is 3.48. The van der Waals surface area contributed by atoms with Crippen LogP contribution in [0.1, 0.15) is 11.1 Å². The standard InChI is InChI=1S/C13H19NO2S/c1-11-5-3-4-6-12(11)9-14(2)13(16)10-17-8-7-15/h3-6,15H,7-10H2,1-2H3. The molecule has 17 heavy (non-hydrogen) atoms. The fourth-order valence-electron chi connectivity index (χ4n) is 1.47. The number of hydrogen-bond donors (Lipinski definition) is 1. The molecular weight excluding hydrogens is 234 g/mol. The van der Waals surface area contributed by atoms with Crippen LogP contribution in [0.25, 0.3) is 0 Å². The Morgan fingerprint density at radius 3 is 2.76 bits per heavy atom. The number of aryl methyl sites for hydroxylation is 1. The zero-order chi connectivity index (χ0) is 12.7. The van der Waals surface area contributed by atoms with Gasteiger partial charge in [-0.05, 0) is 18.1 Å². The second-order valence-electron chi connectivity index (χ2n) is 3.95. The molecule has 0 aromatic heterocycles. The zero-order valence-electron chi connectivity index (χ0n) is 10.3. The van der Waals surface area contributed by atoms with Crippen LogP contribution in [0, 0.1) is 6.92 Å². The molecule has 1 amide bonds. The van der Waals surface area contributed by atoms with Crippen molar-refractivity contribution < 1.29 is 9.90 Å². The van der Waals surface area contributed by atoms with Gasteiger partial charge in [-0.15, -0.1) is 11.8 Å². The molecule has 0 radical (unpaired) electrons. The highest BCUT2D eigenvalue weighted by Crippen LogP contribution is 2.10. The Hall–Kier alpha value is -1.000. The van der Waals surface area contributed by atoms with Gasteiger partial charge in [-0.1, -0.05) is 24.3 Å². The average Bonchev–Trinajstić information content (AvgIpc) is 2.32. The molecule has 4 heteroatoms. The highest BCUT2D eigenvalue weighted by Gasteiger charge is 2.09. The van der Waals surface area contributed by atoms with Gasteiger partial charge in [0.2, 0.25) is 5.91 Å². The van der Waals surface area contributed by atoms with E-state index in [9.17, 15) is 4.79 Å². The summed E-state index contributed by atoms with van der Waals surface area (Å²) in [7, 11) is 1.81. The van der Waals surface area contributed by atoms with Gasteiger partial charge in [0.15, 0.2) is 0 Å². The molecule has 0 aliphatic heterocycles. The molecule has 0 heterocycles. The van der Waals surface area contributed by atoms with Gasteiger partial charge < -0.3 is 10.0 Å². The van der Waals surface area contributed by atoms with E-state index in [1.165, 1.54) is 22.9 Å². The number of aliphatic hydroxyl groups excluding tert-OH is 1. The normalized spacial score (nSPS) is 10.3. The highest BCUT2D eigenvalue weighted by atomic mass is 32.2. The first-order valence-corrected chi connectivity index (χ1v) is 6.77. The van der Waals surface area contributed by atoms with E-state index in [0.29, 0.717) is 18.1 Å². The summed E-state index contributed by atoms with van der Waals surface area (Å²) in [5.74, 6) is 1.15. The number of benzene rings is 1. The average molecular weight is 253 g/mol. The zero-order valence-corrected chi connectivity index (χ0v) is 11.2. The molecule has 0 atom stereocenters. The van der Waals surface area contributed by atoms with Gasteiger partial charge in [0.1, 0.15) is 0 Å². The summed E-state index contributed by atoms with van der Waals surface area (Å²) in [6.07, 6.45) is 0. The van der Waals surface area contributed by atoms with Crippen LogP contribution < -0.4 is 0 Å². The van der Waals surface area contributed by atoms with Gasteiger partial charge in [0, 0.05) is 19.3 Å². The summed E-state index contributed by atoms with van der Waals surface area (Å²) in [5, 5.41) is 8.64. The lowest BCUT2D eigenvalue weighted by atomic mass is 10.1. The fourth-order valence-corrected chi connectivity index (χ4v) is 2.13. The van der Waals surface area contributed by atoms with Crippen molar-refractivity contribution in [2.24, 2.45) is 0 Å². The lowest BCUT2D eigenvalue weighted by Gasteiger charge is -2.18. The predicted octanol–water partition coefficient (Wildman–Crippen LogP) is 1.68. The monoisotopic (exact) mass is 253 g/mol. The maximum absolute atomic E-state index is 11.8. The first-order chi connectivity index (χ1) is 8.15. The van der Waals surface area contributed by atoms with Gasteiger partial charge in [-0.3, -0.25) is 4.79 Å². The Morgan fingerprint density at radius 1 is 1.41 bits per heavy atom. The first kappa shape index (κ1) is 14.1. The Balaban J connectivity index is 2.46. The third kappa shape index (κ3) is 4.79. The largest absolute Gasteiger partial charge is 0.396 e. The topological polar surface area (TPSA) is 40.5 Å². The van der Waals surface area contributed by atoms with Crippen LogP contribution in [0.15, 0.2) is 24.3 Å². The maximum Gasteiger partial charge on any atom is 0.232 e. The van der Waals surface area contributed by atoms with E-state index in [2.05, 4.69) is 0 Å². The molecule has 0 spiro atoms. The SMILES string of the molecule is Cc1ccccc1CN(C)C(=O)CSCCO. The maximum atomic E-state index is 11.8. The van der Waals surface area contributed by atoms with Gasteiger partial charge in [0.05, 0.1) is 12.4 Å². The van der Waals surface area contributed by atoms with E-state index < -0.39 is 0 Å². The Labute approximate surface area is 107 Å². The minimum atomic E-state index is 0.103. The van der Waals surface area contributed by atoms with Gasteiger partial charge in [-0.25, -0.2) is 0 Å². The fraction of sp³-hybridized carbons (Fsp3) is 0.462. The summed E-state index contributed by atoms with van der Waals surface area (Å²) in [6.45, 7) is 2.82. The van der Waals surface area contributed by atoms with E-state index in [4.69, 9.17) is 5.11 Å². The Morgan fingerprint density at radius 2 is 2.12 bits per heavy atom. The molecule has 0 aliphatic carbocycles. The lowest BCUT2D eigenvalue weighted by molar-refractivity contribution is -0.127. The second kappa shape index (κ2) is 7.35. The van der Waals surface area contributed by atoms with E-state index in [1.807, 2.05) is 38.2 Å². The van der Waals surface area contributed by atoms with Crippen LogP contribution in [0.5, 0.6) is 0 Å². The molecule has 0 saturated heterocycles.